The zero-order valence-electron chi connectivity index (χ0n) is 17.7. The Bertz CT molecular complexity index is 777. The van der Waals surface area contributed by atoms with Gasteiger partial charge in [0.1, 0.15) is 13.2 Å². The number of hydrogen-bond donors (Lipinski definition) is 1. The van der Waals surface area contributed by atoms with Crippen LogP contribution in [-0.2, 0) is 13.2 Å². The fourth-order valence-electron chi connectivity index (χ4n) is 3.61. The van der Waals surface area contributed by atoms with Crippen molar-refractivity contribution in [3.05, 3.63) is 57.6 Å². The maximum atomic E-state index is 6.22. The monoisotopic (exact) mass is 424 g/mol. The molecule has 0 aliphatic rings. The van der Waals surface area contributed by atoms with E-state index in [1.807, 2.05) is 30.3 Å². The van der Waals surface area contributed by atoms with Gasteiger partial charge in [-0.25, -0.2) is 0 Å². The Balaban J connectivity index is 2.05. The Morgan fingerprint density at radius 2 is 1.57 bits per heavy atom. The van der Waals surface area contributed by atoms with Crippen molar-refractivity contribution in [3.63, 3.8) is 0 Å². The van der Waals surface area contributed by atoms with Crippen LogP contribution in [0.15, 0.2) is 36.4 Å². The Labute approximate surface area is 179 Å². The Hall–Kier alpha value is -1.42. The van der Waals surface area contributed by atoms with Crippen LogP contribution in [0.25, 0.3) is 0 Å². The number of hydrogen-bond acceptors (Lipinski definition) is 2. The molecule has 0 heterocycles. The molecule has 154 valence electrons. The molecule has 0 aliphatic carbocycles. The maximum Gasteiger partial charge on any atom is 0.161 e. The molecule has 0 saturated heterocycles. The molecule has 0 atom stereocenters. The fourth-order valence-corrected chi connectivity index (χ4v) is 4.12. The summed E-state index contributed by atoms with van der Waals surface area (Å²) >= 11 is 12.4. The van der Waals surface area contributed by atoms with Gasteiger partial charge in [0.15, 0.2) is 11.5 Å². The molecule has 28 heavy (non-hydrogen) atoms. The Kier molecular flexibility index (Phi) is 7.66. The van der Waals surface area contributed by atoms with Crippen molar-refractivity contribution in [2.45, 2.75) is 59.7 Å². The summed E-state index contributed by atoms with van der Waals surface area (Å²) in [5.41, 5.74) is 2.44. The normalized spacial score (nSPS) is 12.1. The quantitative estimate of drug-likeness (QED) is 0.575. The molecule has 3 nitrogen and oxygen atoms in total. The van der Waals surface area contributed by atoms with E-state index in [9.17, 15) is 0 Å². The van der Waals surface area contributed by atoms with E-state index in [1.54, 1.807) is 7.11 Å². The smallest absolute Gasteiger partial charge is 0.161 e. The van der Waals surface area contributed by atoms with Crippen molar-refractivity contribution in [3.8, 4) is 11.5 Å². The summed E-state index contributed by atoms with van der Waals surface area (Å²) in [4.78, 5) is 0. The van der Waals surface area contributed by atoms with Gasteiger partial charge in [-0.2, -0.15) is 0 Å². The van der Waals surface area contributed by atoms with Gasteiger partial charge in [0.25, 0.3) is 0 Å². The van der Waals surface area contributed by atoms with Crippen LogP contribution in [-0.4, -0.2) is 12.6 Å². The first-order valence-corrected chi connectivity index (χ1v) is 10.3. The minimum absolute atomic E-state index is 0.168. The Morgan fingerprint density at radius 1 is 0.929 bits per heavy atom. The van der Waals surface area contributed by atoms with Crippen LogP contribution in [0.1, 0.15) is 52.2 Å². The molecule has 0 fully saturated rings. The fraction of sp³-hybridized carbons (Fsp3) is 0.478. The summed E-state index contributed by atoms with van der Waals surface area (Å²) < 4.78 is 11.5. The minimum Gasteiger partial charge on any atom is -0.493 e. The van der Waals surface area contributed by atoms with E-state index in [0.717, 1.165) is 18.5 Å². The molecule has 0 unspecified atom stereocenters. The van der Waals surface area contributed by atoms with Crippen molar-refractivity contribution in [2.24, 2.45) is 5.41 Å². The van der Waals surface area contributed by atoms with Crippen LogP contribution in [0.2, 0.25) is 10.0 Å². The number of ether oxygens (including phenoxy) is 2. The van der Waals surface area contributed by atoms with Gasteiger partial charge in [-0.1, -0.05) is 50.0 Å². The summed E-state index contributed by atoms with van der Waals surface area (Å²) in [7, 11) is 1.65. The van der Waals surface area contributed by atoms with E-state index in [2.05, 4.69) is 46.0 Å². The number of quaternary nitrogens is 1. The minimum atomic E-state index is 0.168. The van der Waals surface area contributed by atoms with Gasteiger partial charge < -0.3 is 14.8 Å². The van der Waals surface area contributed by atoms with Crippen molar-refractivity contribution in [2.75, 3.05) is 7.11 Å². The third kappa shape index (κ3) is 6.88. The molecular formula is C23H32Cl2NO2+. The largest absolute Gasteiger partial charge is 0.493 e. The molecule has 2 rings (SSSR count). The molecular weight excluding hydrogens is 393 g/mol. The van der Waals surface area contributed by atoms with Crippen LogP contribution in [0.4, 0.5) is 0 Å². The zero-order chi connectivity index (χ0) is 20.9. The van der Waals surface area contributed by atoms with E-state index >= 15 is 0 Å². The van der Waals surface area contributed by atoms with Gasteiger partial charge in [-0.05, 0) is 49.6 Å². The number of halogens is 2. The second-order valence-corrected chi connectivity index (χ2v) is 9.92. The second kappa shape index (κ2) is 9.39. The molecule has 2 aromatic carbocycles. The summed E-state index contributed by atoms with van der Waals surface area (Å²) in [6.07, 6.45) is 1.14. The average Bonchev–Trinajstić information content (AvgIpc) is 2.58. The predicted octanol–water partition coefficient (Wildman–Crippen LogP) is 5.86. The molecule has 0 saturated carbocycles. The highest BCUT2D eigenvalue weighted by atomic mass is 35.5. The lowest BCUT2D eigenvalue weighted by atomic mass is 9.82. The lowest BCUT2D eigenvalue weighted by molar-refractivity contribution is -0.737. The highest BCUT2D eigenvalue weighted by Crippen LogP contribution is 2.31. The molecule has 0 spiro atoms. The molecule has 2 N–H and O–H groups in total. The first kappa shape index (κ1) is 22.9. The standard InChI is InChI=1S/C23H31Cl2NO2/c1-22(2,3)15-23(4,5)26-13-16-10-11-20(21(12-16)27-6)28-14-17-18(24)8-7-9-19(17)25/h7-12,26H,13-15H2,1-6H3/p+1. The van der Waals surface area contributed by atoms with Gasteiger partial charge in [-0.3, -0.25) is 0 Å². The van der Waals surface area contributed by atoms with Crippen LogP contribution in [0.3, 0.4) is 0 Å². The summed E-state index contributed by atoms with van der Waals surface area (Å²) in [6, 6.07) is 11.5. The van der Waals surface area contributed by atoms with Crippen molar-refractivity contribution >= 4 is 23.2 Å². The average molecular weight is 425 g/mol. The molecule has 0 aliphatic heterocycles. The van der Waals surface area contributed by atoms with Gasteiger partial charge in [0.05, 0.1) is 12.6 Å². The van der Waals surface area contributed by atoms with Gasteiger partial charge in [0.2, 0.25) is 0 Å². The summed E-state index contributed by atoms with van der Waals surface area (Å²) in [5, 5.41) is 3.58. The number of benzene rings is 2. The van der Waals surface area contributed by atoms with E-state index in [4.69, 9.17) is 32.7 Å². The second-order valence-electron chi connectivity index (χ2n) is 9.11. The third-order valence-corrected chi connectivity index (χ3v) is 5.25. The topological polar surface area (TPSA) is 35.1 Å². The van der Waals surface area contributed by atoms with Crippen LogP contribution in [0, 0.1) is 5.41 Å². The number of nitrogens with two attached hydrogens (primary N) is 1. The lowest BCUT2D eigenvalue weighted by Crippen LogP contribution is -2.94. The highest BCUT2D eigenvalue weighted by Gasteiger charge is 2.28. The van der Waals surface area contributed by atoms with E-state index in [1.165, 1.54) is 5.56 Å². The first-order chi connectivity index (χ1) is 13.0. The summed E-state index contributed by atoms with van der Waals surface area (Å²) in [6.45, 7) is 12.6. The SMILES string of the molecule is COc1cc(C[NH2+]C(C)(C)CC(C)(C)C)ccc1OCc1c(Cl)cccc1Cl. The van der Waals surface area contributed by atoms with Crippen LogP contribution in [0.5, 0.6) is 11.5 Å². The molecule has 2 aromatic rings. The number of methoxy groups -OCH3 is 1. The zero-order valence-corrected chi connectivity index (χ0v) is 19.2. The van der Waals surface area contributed by atoms with Crippen molar-refractivity contribution in [1.29, 1.82) is 0 Å². The van der Waals surface area contributed by atoms with Gasteiger partial charge >= 0.3 is 0 Å². The predicted molar refractivity (Wildman–Crippen MR) is 118 cm³/mol. The first-order valence-electron chi connectivity index (χ1n) is 9.58. The van der Waals surface area contributed by atoms with E-state index < -0.39 is 0 Å². The molecule has 0 amide bonds. The molecule has 0 bridgehead atoms. The lowest BCUT2D eigenvalue weighted by Gasteiger charge is -2.30. The van der Waals surface area contributed by atoms with Crippen molar-refractivity contribution in [1.82, 2.24) is 0 Å². The molecule has 5 heteroatoms. The number of rotatable bonds is 8. The summed E-state index contributed by atoms with van der Waals surface area (Å²) in [5.74, 6) is 1.39. The van der Waals surface area contributed by atoms with Gasteiger partial charge in [0, 0.05) is 27.6 Å². The molecule has 0 aromatic heterocycles. The van der Waals surface area contributed by atoms with Crippen LogP contribution < -0.4 is 14.8 Å². The van der Waals surface area contributed by atoms with Crippen molar-refractivity contribution < 1.29 is 14.8 Å². The Morgan fingerprint density at radius 3 is 2.14 bits per heavy atom. The highest BCUT2D eigenvalue weighted by molar-refractivity contribution is 6.35. The molecule has 0 radical (unpaired) electrons. The van der Waals surface area contributed by atoms with E-state index in [-0.39, 0.29) is 5.54 Å². The van der Waals surface area contributed by atoms with E-state index in [0.29, 0.717) is 33.6 Å². The maximum absolute atomic E-state index is 6.22. The van der Waals surface area contributed by atoms with Crippen LogP contribution >= 0.6 is 23.2 Å². The van der Waals surface area contributed by atoms with Gasteiger partial charge in [-0.15, -0.1) is 0 Å². The third-order valence-electron chi connectivity index (χ3n) is 4.54.